The number of aliphatic hydroxyl groups excluding tert-OH is 1. The average molecular weight is 331 g/mol. The Hall–Kier alpha value is -2.63. The highest BCUT2D eigenvalue weighted by atomic mass is 16.4. The number of unbranched alkanes of at least 4 members (excludes halogenated alkanes) is 2. The monoisotopic (exact) mass is 331 g/mol. The lowest BCUT2D eigenvalue weighted by molar-refractivity contribution is -0.137. The Bertz CT molecular complexity index is 665. The van der Waals surface area contributed by atoms with E-state index in [9.17, 15) is 19.5 Å². The molecule has 0 aliphatic carbocycles. The lowest BCUT2D eigenvalue weighted by Gasteiger charge is -2.26. The molecule has 0 unspecified atom stereocenters. The molecular formula is C18H21NO5. The van der Waals surface area contributed by atoms with Crippen molar-refractivity contribution >= 4 is 17.7 Å². The molecule has 1 aromatic carbocycles. The molecule has 0 saturated carbocycles. The van der Waals surface area contributed by atoms with Gasteiger partial charge < -0.3 is 15.1 Å². The number of hydrogen-bond donors (Lipinski definition) is 2. The number of benzene rings is 1. The summed E-state index contributed by atoms with van der Waals surface area (Å²) in [4.78, 5) is 36.3. The van der Waals surface area contributed by atoms with Crippen LogP contribution in [0.25, 0.3) is 0 Å². The molecule has 1 amide bonds. The van der Waals surface area contributed by atoms with E-state index in [0.717, 1.165) is 5.56 Å². The summed E-state index contributed by atoms with van der Waals surface area (Å²) in [5.74, 6) is -2.20. The molecule has 1 heterocycles. The maximum absolute atomic E-state index is 12.3. The van der Waals surface area contributed by atoms with Crippen molar-refractivity contribution in [3.05, 3.63) is 47.2 Å². The molecule has 1 aliphatic rings. The van der Waals surface area contributed by atoms with Gasteiger partial charge in [-0.2, -0.15) is 0 Å². The van der Waals surface area contributed by atoms with Crippen LogP contribution in [-0.2, 0) is 14.4 Å². The number of rotatable bonds is 8. The minimum atomic E-state index is -0.840. The predicted molar refractivity (Wildman–Crippen MR) is 87.3 cm³/mol. The Morgan fingerprint density at radius 1 is 1.12 bits per heavy atom. The zero-order valence-corrected chi connectivity index (χ0v) is 13.6. The molecule has 6 heteroatoms. The number of amides is 1. The third kappa shape index (κ3) is 3.82. The Morgan fingerprint density at radius 2 is 1.79 bits per heavy atom. The zero-order valence-electron chi connectivity index (χ0n) is 13.6. The molecule has 0 bridgehead atoms. The largest absolute Gasteiger partial charge is 0.503 e. The minimum absolute atomic E-state index is 0.0955. The normalized spacial score (nSPS) is 17.5. The number of carboxylic acid groups (broad SMARTS) is 1. The van der Waals surface area contributed by atoms with Gasteiger partial charge in [0.25, 0.3) is 5.91 Å². The molecule has 1 atom stereocenters. The third-order valence-electron chi connectivity index (χ3n) is 4.09. The van der Waals surface area contributed by atoms with Crippen molar-refractivity contribution in [3.63, 3.8) is 0 Å². The van der Waals surface area contributed by atoms with Gasteiger partial charge in [-0.05, 0) is 25.3 Å². The van der Waals surface area contributed by atoms with E-state index in [1.165, 1.54) is 11.8 Å². The predicted octanol–water partition coefficient (Wildman–Crippen LogP) is 2.62. The lowest BCUT2D eigenvalue weighted by Crippen LogP contribution is -2.32. The molecule has 2 rings (SSSR count). The summed E-state index contributed by atoms with van der Waals surface area (Å²) in [5.41, 5.74) is 0.891. The van der Waals surface area contributed by atoms with Gasteiger partial charge >= 0.3 is 5.97 Å². The number of aliphatic carboxylic acids is 1. The first-order chi connectivity index (χ1) is 11.4. The first kappa shape index (κ1) is 17.7. The average Bonchev–Trinajstić information content (AvgIpc) is 2.80. The van der Waals surface area contributed by atoms with Crippen LogP contribution >= 0.6 is 0 Å². The first-order valence-corrected chi connectivity index (χ1v) is 7.95. The molecule has 128 valence electrons. The maximum atomic E-state index is 12.3. The van der Waals surface area contributed by atoms with Crippen LogP contribution in [0.4, 0.5) is 0 Å². The van der Waals surface area contributed by atoms with Crippen LogP contribution in [-0.4, -0.2) is 39.3 Å². The van der Waals surface area contributed by atoms with E-state index in [0.29, 0.717) is 25.8 Å². The zero-order chi connectivity index (χ0) is 17.7. The second-order valence-corrected chi connectivity index (χ2v) is 5.83. The molecular weight excluding hydrogens is 310 g/mol. The topological polar surface area (TPSA) is 94.9 Å². The first-order valence-electron chi connectivity index (χ1n) is 7.95. The number of carbonyl (C=O) groups excluding carboxylic acids is 2. The molecule has 0 aromatic heterocycles. The summed E-state index contributed by atoms with van der Waals surface area (Å²) in [7, 11) is 0. The van der Waals surface area contributed by atoms with Crippen LogP contribution in [0.3, 0.4) is 0 Å². The van der Waals surface area contributed by atoms with Crippen molar-refractivity contribution in [1.82, 2.24) is 4.90 Å². The van der Waals surface area contributed by atoms with Crippen LogP contribution in [0, 0.1) is 0 Å². The molecule has 6 nitrogen and oxygen atoms in total. The molecule has 1 aromatic rings. The second-order valence-electron chi connectivity index (χ2n) is 5.83. The lowest BCUT2D eigenvalue weighted by atomic mass is 9.96. The smallest absolute Gasteiger partial charge is 0.303 e. The molecule has 0 fully saturated rings. The van der Waals surface area contributed by atoms with Crippen molar-refractivity contribution in [2.45, 2.75) is 38.6 Å². The molecule has 1 aliphatic heterocycles. The number of ketones is 1. The summed E-state index contributed by atoms with van der Waals surface area (Å²) >= 11 is 0. The molecule has 0 radical (unpaired) electrons. The minimum Gasteiger partial charge on any atom is -0.503 e. The van der Waals surface area contributed by atoms with Crippen molar-refractivity contribution in [3.8, 4) is 0 Å². The molecule has 24 heavy (non-hydrogen) atoms. The van der Waals surface area contributed by atoms with Gasteiger partial charge in [-0.25, -0.2) is 0 Å². The van der Waals surface area contributed by atoms with Gasteiger partial charge in [0.15, 0.2) is 11.5 Å². The number of carbonyl (C=O) groups is 3. The fourth-order valence-electron chi connectivity index (χ4n) is 2.96. The van der Waals surface area contributed by atoms with Crippen molar-refractivity contribution in [2.75, 3.05) is 6.54 Å². The number of nitrogens with zero attached hydrogens (tertiary/aromatic N) is 1. The summed E-state index contributed by atoms with van der Waals surface area (Å²) in [6, 6.07) is 8.52. The van der Waals surface area contributed by atoms with Gasteiger partial charge in [0, 0.05) is 13.0 Å². The van der Waals surface area contributed by atoms with Gasteiger partial charge in [0.1, 0.15) is 0 Å². The highest BCUT2D eigenvalue weighted by Crippen LogP contribution is 2.37. The number of Topliss-reactive ketones (excluding diaryl/α,β-unsaturated/α-hetero) is 1. The Morgan fingerprint density at radius 3 is 2.38 bits per heavy atom. The van der Waals surface area contributed by atoms with Gasteiger partial charge in [0.05, 0.1) is 11.6 Å². The van der Waals surface area contributed by atoms with Gasteiger partial charge in [-0.15, -0.1) is 0 Å². The standard InChI is InChI=1S/C18H21NO5/c1-12(20)15-16(13-8-4-2-5-9-13)19(18(24)17(15)23)11-7-3-6-10-14(21)22/h2,4-5,8-9,16,23H,3,6-7,10-11H2,1H3,(H,21,22)/t16-/m0/s1. The second kappa shape index (κ2) is 7.77. The van der Waals surface area contributed by atoms with Crippen LogP contribution in [0.2, 0.25) is 0 Å². The van der Waals surface area contributed by atoms with Crippen molar-refractivity contribution in [1.29, 1.82) is 0 Å². The summed E-state index contributed by atoms with van der Waals surface area (Å²) in [6.45, 7) is 1.70. The van der Waals surface area contributed by atoms with Crippen LogP contribution < -0.4 is 0 Å². The van der Waals surface area contributed by atoms with Crippen LogP contribution in [0.1, 0.15) is 44.2 Å². The fraction of sp³-hybridized carbons (Fsp3) is 0.389. The Labute approximate surface area is 140 Å². The fourth-order valence-corrected chi connectivity index (χ4v) is 2.96. The SMILES string of the molecule is CC(=O)C1=C(O)C(=O)N(CCCCCC(=O)O)[C@H]1c1ccccc1. The van der Waals surface area contributed by atoms with E-state index in [1.54, 1.807) is 0 Å². The highest BCUT2D eigenvalue weighted by Gasteiger charge is 2.41. The van der Waals surface area contributed by atoms with E-state index in [1.807, 2.05) is 30.3 Å². The molecule has 0 saturated heterocycles. The van der Waals surface area contributed by atoms with E-state index in [2.05, 4.69) is 0 Å². The van der Waals surface area contributed by atoms with Crippen molar-refractivity contribution < 1.29 is 24.6 Å². The number of aliphatic hydroxyl groups is 1. The third-order valence-corrected chi connectivity index (χ3v) is 4.09. The number of hydrogen-bond acceptors (Lipinski definition) is 4. The van der Waals surface area contributed by atoms with Gasteiger partial charge in [-0.3, -0.25) is 14.4 Å². The van der Waals surface area contributed by atoms with E-state index in [-0.39, 0.29) is 17.8 Å². The molecule has 2 N–H and O–H groups in total. The van der Waals surface area contributed by atoms with Gasteiger partial charge in [-0.1, -0.05) is 36.8 Å². The molecule has 0 spiro atoms. The quantitative estimate of drug-likeness (QED) is 0.714. The highest BCUT2D eigenvalue weighted by molar-refractivity contribution is 6.08. The van der Waals surface area contributed by atoms with E-state index >= 15 is 0 Å². The summed E-state index contributed by atoms with van der Waals surface area (Å²) in [6.07, 6.45) is 1.90. The van der Waals surface area contributed by atoms with Crippen LogP contribution in [0.15, 0.2) is 41.7 Å². The maximum Gasteiger partial charge on any atom is 0.303 e. The van der Waals surface area contributed by atoms with E-state index in [4.69, 9.17) is 5.11 Å². The Balaban J connectivity index is 2.15. The summed E-state index contributed by atoms with van der Waals surface area (Å²) < 4.78 is 0. The summed E-state index contributed by atoms with van der Waals surface area (Å²) in [5, 5.41) is 18.7. The van der Waals surface area contributed by atoms with E-state index < -0.39 is 23.7 Å². The van der Waals surface area contributed by atoms with Gasteiger partial charge in [0.2, 0.25) is 0 Å². The van der Waals surface area contributed by atoms with Crippen LogP contribution in [0.5, 0.6) is 0 Å². The van der Waals surface area contributed by atoms with Crippen molar-refractivity contribution in [2.24, 2.45) is 0 Å². The number of carboxylic acids is 1. The Kier molecular flexibility index (Phi) is 5.73.